The van der Waals surface area contributed by atoms with Crippen molar-refractivity contribution in [3.05, 3.63) is 0 Å². The zero-order chi connectivity index (χ0) is 10.9. The summed E-state index contributed by atoms with van der Waals surface area (Å²) in [4.78, 5) is 10.4. The van der Waals surface area contributed by atoms with Crippen LogP contribution >= 0.6 is 0 Å². The number of aliphatic carboxylic acids is 1. The van der Waals surface area contributed by atoms with Crippen LogP contribution in [0.1, 0.15) is 27.7 Å². The molecule has 78 valence electrons. The highest BCUT2D eigenvalue weighted by Gasteiger charge is 2.31. The van der Waals surface area contributed by atoms with E-state index in [0.29, 0.717) is 0 Å². The Morgan fingerprint density at radius 1 is 1.38 bits per heavy atom. The van der Waals surface area contributed by atoms with Crippen molar-refractivity contribution in [3.8, 4) is 0 Å². The third-order valence-corrected chi connectivity index (χ3v) is 3.78. The van der Waals surface area contributed by atoms with Crippen LogP contribution in [0.2, 0.25) is 0 Å². The lowest BCUT2D eigenvalue weighted by Gasteiger charge is -2.21. The van der Waals surface area contributed by atoms with E-state index in [1.807, 2.05) is 0 Å². The van der Waals surface area contributed by atoms with E-state index < -0.39 is 26.8 Å². The Labute approximate surface area is 78.2 Å². The summed E-state index contributed by atoms with van der Waals surface area (Å²) in [6.07, 6.45) is 0. The molecule has 13 heavy (non-hydrogen) atoms. The van der Waals surface area contributed by atoms with Gasteiger partial charge in [-0.3, -0.25) is 4.79 Å². The minimum Gasteiger partial charge on any atom is -0.480 e. The third-order valence-electron chi connectivity index (χ3n) is 1.51. The average Bonchev–Trinajstić information content (AvgIpc) is 1.83. The number of hydrogen-bond donors (Lipinski definition) is 2. The van der Waals surface area contributed by atoms with Crippen LogP contribution in [0, 0.1) is 0 Å². The molecule has 0 aromatic carbocycles. The van der Waals surface area contributed by atoms with Gasteiger partial charge in [-0.1, -0.05) is 0 Å². The number of sulfonamides is 1. The summed E-state index contributed by atoms with van der Waals surface area (Å²) in [5, 5.41) is 8.48. The molecule has 1 unspecified atom stereocenters. The normalized spacial score (nSPS) is 15.4. The Bertz CT molecular complexity index is 288. The molecule has 6 heteroatoms. The van der Waals surface area contributed by atoms with Crippen LogP contribution in [-0.4, -0.2) is 30.3 Å². The number of carboxylic acid groups (broad SMARTS) is 1. The largest absolute Gasteiger partial charge is 0.480 e. The van der Waals surface area contributed by atoms with Crippen LogP contribution in [-0.2, 0) is 14.8 Å². The van der Waals surface area contributed by atoms with Gasteiger partial charge in [0.2, 0.25) is 10.0 Å². The van der Waals surface area contributed by atoms with Gasteiger partial charge in [-0.2, -0.15) is 0 Å². The molecule has 0 rings (SSSR count). The number of carboxylic acids is 1. The van der Waals surface area contributed by atoms with Crippen LogP contribution in [0.3, 0.4) is 0 Å². The van der Waals surface area contributed by atoms with Gasteiger partial charge in [0.25, 0.3) is 0 Å². The lowest BCUT2D eigenvalue weighted by molar-refractivity contribution is -0.138. The van der Waals surface area contributed by atoms with Gasteiger partial charge >= 0.3 is 5.97 Å². The molecule has 0 amide bonds. The Hall–Kier alpha value is -0.620. The summed E-state index contributed by atoms with van der Waals surface area (Å²) in [6.45, 7) is 5.79. The predicted molar refractivity (Wildman–Crippen MR) is 48.9 cm³/mol. The Morgan fingerprint density at radius 3 is 2.00 bits per heavy atom. The van der Waals surface area contributed by atoms with Crippen LogP contribution in [0.5, 0.6) is 0 Å². The molecule has 0 heterocycles. The van der Waals surface area contributed by atoms with E-state index in [9.17, 15) is 13.2 Å². The van der Waals surface area contributed by atoms with Gasteiger partial charge in [0.05, 0.1) is 4.75 Å². The molecule has 0 aliphatic rings. The van der Waals surface area contributed by atoms with Gasteiger partial charge in [0.15, 0.2) is 0 Å². The monoisotopic (exact) mass is 209 g/mol. The molecule has 0 bridgehead atoms. The Morgan fingerprint density at radius 2 is 1.77 bits per heavy atom. The summed E-state index contributed by atoms with van der Waals surface area (Å²) in [6, 6.07) is -1.09. The third kappa shape index (κ3) is 3.31. The highest BCUT2D eigenvalue weighted by molar-refractivity contribution is 7.90. The van der Waals surface area contributed by atoms with E-state index in [2.05, 4.69) is 4.72 Å². The van der Waals surface area contributed by atoms with Gasteiger partial charge in [-0.15, -0.1) is 0 Å². The van der Waals surface area contributed by atoms with Crippen molar-refractivity contribution in [1.82, 2.24) is 4.72 Å². The summed E-state index contributed by atoms with van der Waals surface area (Å²) < 4.78 is 23.9. The maximum atomic E-state index is 11.4. The highest BCUT2D eigenvalue weighted by atomic mass is 32.2. The molecule has 0 radical (unpaired) electrons. The van der Waals surface area contributed by atoms with E-state index >= 15 is 0 Å². The maximum absolute atomic E-state index is 11.4. The zero-order valence-corrected chi connectivity index (χ0v) is 8.97. The molecule has 5 nitrogen and oxygen atoms in total. The van der Waals surface area contributed by atoms with Gasteiger partial charge in [0.1, 0.15) is 6.04 Å². The van der Waals surface area contributed by atoms with E-state index in [0.717, 1.165) is 0 Å². The number of carbonyl (C=O) groups is 1. The molecule has 2 N–H and O–H groups in total. The second-order valence-corrected chi connectivity index (χ2v) is 6.26. The first-order chi connectivity index (χ1) is 5.58. The second-order valence-electron chi connectivity index (χ2n) is 3.79. The summed E-state index contributed by atoms with van der Waals surface area (Å²) >= 11 is 0. The van der Waals surface area contributed by atoms with E-state index in [4.69, 9.17) is 5.11 Å². The number of nitrogens with one attached hydrogen (secondary N) is 1. The smallest absolute Gasteiger partial charge is 0.321 e. The first-order valence-electron chi connectivity index (χ1n) is 3.82. The van der Waals surface area contributed by atoms with Crippen molar-refractivity contribution >= 4 is 16.0 Å². The second kappa shape index (κ2) is 3.63. The molecule has 0 fully saturated rings. The molecule has 0 saturated heterocycles. The van der Waals surface area contributed by atoms with E-state index in [1.54, 1.807) is 0 Å². The van der Waals surface area contributed by atoms with E-state index in [1.165, 1.54) is 27.7 Å². The fraction of sp³-hybridized carbons (Fsp3) is 0.857. The number of hydrogen-bond acceptors (Lipinski definition) is 3. The molecule has 0 aliphatic carbocycles. The van der Waals surface area contributed by atoms with E-state index in [-0.39, 0.29) is 0 Å². The highest BCUT2D eigenvalue weighted by Crippen LogP contribution is 2.13. The SMILES string of the molecule is CC(NS(=O)(=O)C(C)(C)C)C(=O)O. The van der Waals surface area contributed by atoms with Crippen LogP contribution in [0.25, 0.3) is 0 Å². The summed E-state index contributed by atoms with van der Waals surface area (Å²) in [7, 11) is -3.57. The molecule has 0 aromatic heterocycles. The molecular weight excluding hydrogens is 194 g/mol. The summed E-state index contributed by atoms with van der Waals surface area (Å²) in [5.41, 5.74) is 0. The van der Waals surface area contributed by atoms with Gasteiger partial charge in [-0.05, 0) is 27.7 Å². The fourth-order valence-corrected chi connectivity index (χ4v) is 1.38. The topological polar surface area (TPSA) is 83.5 Å². The molecule has 0 spiro atoms. The van der Waals surface area contributed by atoms with Crippen molar-refractivity contribution < 1.29 is 18.3 Å². The van der Waals surface area contributed by atoms with Crippen LogP contribution in [0.15, 0.2) is 0 Å². The Kier molecular flexibility index (Phi) is 3.46. The standard InChI is InChI=1S/C7H15NO4S/c1-5(6(9)10)8-13(11,12)7(2,3)4/h5,8H,1-4H3,(H,9,10). The molecule has 0 aliphatic heterocycles. The maximum Gasteiger partial charge on any atom is 0.321 e. The minimum atomic E-state index is -3.57. The van der Waals surface area contributed by atoms with Gasteiger partial charge in [-0.25, -0.2) is 13.1 Å². The Balaban J connectivity index is 4.64. The zero-order valence-electron chi connectivity index (χ0n) is 8.16. The molecular formula is C7H15NO4S. The molecule has 1 atom stereocenters. The molecule has 0 aromatic rings. The van der Waals surface area contributed by atoms with Crippen molar-refractivity contribution in [1.29, 1.82) is 0 Å². The first kappa shape index (κ1) is 12.4. The van der Waals surface area contributed by atoms with Crippen LogP contribution in [0.4, 0.5) is 0 Å². The van der Waals surface area contributed by atoms with Crippen molar-refractivity contribution in [2.24, 2.45) is 0 Å². The van der Waals surface area contributed by atoms with Crippen molar-refractivity contribution in [3.63, 3.8) is 0 Å². The van der Waals surface area contributed by atoms with Crippen molar-refractivity contribution in [2.75, 3.05) is 0 Å². The fourth-order valence-electron chi connectivity index (χ4n) is 0.460. The number of rotatable bonds is 3. The lowest BCUT2D eigenvalue weighted by atomic mass is 10.3. The predicted octanol–water partition coefficient (Wildman–Crippen LogP) is 0.177. The quantitative estimate of drug-likeness (QED) is 0.694. The van der Waals surface area contributed by atoms with Gasteiger partial charge < -0.3 is 5.11 Å². The van der Waals surface area contributed by atoms with Gasteiger partial charge in [0, 0.05) is 0 Å². The van der Waals surface area contributed by atoms with Crippen molar-refractivity contribution in [2.45, 2.75) is 38.5 Å². The van der Waals surface area contributed by atoms with Crippen LogP contribution < -0.4 is 4.72 Å². The average molecular weight is 209 g/mol. The molecule has 0 saturated carbocycles. The first-order valence-corrected chi connectivity index (χ1v) is 5.31. The minimum absolute atomic E-state index is 0.989. The summed E-state index contributed by atoms with van der Waals surface area (Å²) in [5.74, 6) is -1.19. The lowest BCUT2D eigenvalue weighted by Crippen LogP contribution is -2.46.